The van der Waals surface area contributed by atoms with Gasteiger partial charge in [-0.3, -0.25) is 4.90 Å². The molecule has 0 amide bonds. The van der Waals surface area contributed by atoms with Gasteiger partial charge in [-0.15, -0.1) is 5.10 Å². The molecule has 1 aliphatic heterocycles. The van der Waals surface area contributed by atoms with Gasteiger partial charge >= 0.3 is 0 Å². The highest BCUT2D eigenvalue weighted by atomic mass is 32.1. The molecule has 2 aromatic heterocycles. The van der Waals surface area contributed by atoms with Crippen molar-refractivity contribution in [2.45, 2.75) is 32.0 Å². The fourth-order valence-electron chi connectivity index (χ4n) is 2.59. The lowest BCUT2D eigenvalue weighted by Gasteiger charge is -2.21. The normalized spacial score (nSPS) is 20.2. The smallest absolute Gasteiger partial charge is 0.129 e. The summed E-state index contributed by atoms with van der Waals surface area (Å²) in [5.41, 5.74) is 1.04. The fraction of sp³-hybridized carbons (Fsp3) is 0.538. The zero-order valence-electron chi connectivity index (χ0n) is 10.9. The molecule has 0 aromatic carbocycles. The Kier molecular flexibility index (Phi) is 3.91. The lowest BCUT2D eigenvalue weighted by atomic mass is 10.1. The van der Waals surface area contributed by atoms with Crippen LogP contribution in [-0.4, -0.2) is 28.1 Å². The zero-order chi connectivity index (χ0) is 13.1. The topological polar surface area (TPSA) is 51.4 Å². The molecule has 1 atom stereocenters. The highest BCUT2D eigenvalue weighted by molar-refractivity contribution is 7.03. The number of nitrogens with zero attached hydrogens (tertiary/aromatic N) is 3. The van der Waals surface area contributed by atoms with Crippen molar-refractivity contribution in [3.05, 3.63) is 34.7 Å². The van der Waals surface area contributed by atoms with Crippen LogP contribution >= 0.6 is 11.5 Å². The third-order valence-electron chi connectivity index (χ3n) is 3.43. The Hall–Kier alpha value is -1.24. The molecular formula is C13H17N3O2S. The summed E-state index contributed by atoms with van der Waals surface area (Å²) in [7, 11) is 1.68. The van der Waals surface area contributed by atoms with E-state index < -0.39 is 0 Å². The molecule has 1 aliphatic rings. The molecule has 1 saturated heterocycles. The van der Waals surface area contributed by atoms with Crippen LogP contribution in [0.15, 0.2) is 21.9 Å². The molecule has 0 saturated carbocycles. The second-order valence-electron chi connectivity index (χ2n) is 4.76. The first-order valence-corrected chi connectivity index (χ1v) is 7.28. The molecule has 3 heterocycles. The minimum absolute atomic E-state index is 0.354. The van der Waals surface area contributed by atoms with Crippen molar-refractivity contribution in [2.75, 3.05) is 13.7 Å². The van der Waals surface area contributed by atoms with Gasteiger partial charge in [-0.1, -0.05) is 4.49 Å². The lowest BCUT2D eigenvalue weighted by Crippen LogP contribution is -2.22. The number of furan rings is 1. The molecule has 0 aliphatic carbocycles. The first-order valence-electron chi connectivity index (χ1n) is 6.44. The fourth-order valence-corrected chi connectivity index (χ4v) is 3.03. The molecule has 0 radical (unpaired) electrons. The summed E-state index contributed by atoms with van der Waals surface area (Å²) >= 11 is 1.40. The predicted molar refractivity (Wildman–Crippen MR) is 71.7 cm³/mol. The average molecular weight is 279 g/mol. The van der Waals surface area contributed by atoms with Gasteiger partial charge in [0.25, 0.3) is 0 Å². The molecular weight excluding hydrogens is 262 g/mol. The first kappa shape index (κ1) is 12.8. The minimum Gasteiger partial charge on any atom is -0.462 e. The van der Waals surface area contributed by atoms with Gasteiger partial charge in [0.05, 0.1) is 11.7 Å². The molecule has 3 rings (SSSR count). The summed E-state index contributed by atoms with van der Waals surface area (Å²) in [6.45, 7) is 2.46. The van der Waals surface area contributed by atoms with Crippen molar-refractivity contribution < 1.29 is 9.15 Å². The molecule has 0 bridgehead atoms. The SMILES string of the molecule is COCc1ccc([C@H]2CCCN2Cc2csnn2)o1. The maximum atomic E-state index is 5.86. The van der Waals surface area contributed by atoms with E-state index in [1.54, 1.807) is 7.11 Å². The molecule has 5 nitrogen and oxygen atoms in total. The van der Waals surface area contributed by atoms with E-state index in [0.29, 0.717) is 12.6 Å². The monoisotopic (exact) mass is 279 g/mol. The summed E-state index contributed by atoms with van der Waals surface area (Å²) < 4.78 is 14.9. The maximum absolute atomic E-state index is 5.86. The van der Waals surface area contributed by atoms with Gasteiger partial charge in [-0.2, -0.15) is 0 Å². The molecule has 0 spiro atoms. The van der Waals surface area contributed by atoms with E-state index in [-0.39, 0.29) is 0 Å². The Bertz CT molecular complexity index is 512. The molecule has 102 valence electrons. The van der Waals surface area contributed by atoms with Gasteiger partial charge < -0.3 is 9.15 Å². The van der Waals surface area contributed by atoms with Crippen molar-refractivity contribution in [1.29, 1.82) is 0 Å². The number of aromatic nitrogens is 2. The van der Waals surface area contributed by atoms with Crippen molar-refractivity contribution in [3.63, 3.8) is 0 Å². The van der Waals surface area contributed by atoms with E-state index in [2.05, 4.69) is 20.6 Å². The third kappa shape index (κ3) is 2.86. The summed E-state index contributed by atoms with van der Waals surface area (Å²) in [5.74, 6) is 1.92. The van der Waals surface area contributed by atoms with E-state index in [9.17, 15) is 0 Å². The molecule has 2 aromatic rings. The van der Waals surface area contributed by atoms with Crippen LogP contribution in [-0.2, 0) is 17.9 Å². The number of ether oxygens (including phenoxy) is 1. The highest BCUT2D eigenvalue weighted by Gasteiger charge is 2.28. The van der Waals surface area contributed by atoms with Crippen molar-refractivity contribution in [1.82, 2.24) is 14.5 Å². The summed E-state index contributed by atoms with van der Waals surface area (Å²) in [5, 5.41) is 6.13. The van der Waals surface area contributed by atoms with Crippen LogP contribution < -0.4 is 0 Å². The number of hydrogen-bond acceptors (Lipinski definition) is 6. The molecule has 1 fully saturated rings. The van der Waals surface area contributed by atoms with Crippen LogP contribution in [0.25, 0.3) is 0 Å². The molecule has 6 heteroatoms. The lowest BCUT2D eigenvalue weighted by molar-refractivity contribution is 0.155. The highest BCUT2D eigenvalue weighted by Crippen LogP contribution is 2.34. The number of rotatable bonds is 5. The van der Waals surface area contributed by atoms with Crippen LogP contribution in [0.3, 0.4) is 0 Å². The van der Waals surface area contributed by atoms with Crippen LogP contribution in [0.4, 0.5) is 0 Å². The van der Waals surface area contributed by atoms with E-state index in [1.165, 1.54) is 18.0 Å². The van der Waals surface area contributed by atoms with Crippen molar-refractivity contribution >= 4 is 11.5 Å². The molecule has 19 heavy (non-hydrogen) atoms. The van der Waals surface area contributed by atoms with Crippen LogP contribution in [0.2, 0.25) is 0 Å². The van der Waals surface area contributed by atoms with E-state index in [4.69, 9.17) is 9.15 Å². The molecule has 0 N–H and O–H groups in total. The Labute approximate surface area is 116 Å². The number of methoxy groups -OCH3 is 1. The van der Waals surface area contributed by atoms with Crippen LogP contribution in [0.1, 0.15) is 36.1 Å². The Morgan fingerprint density at radius 3 is 3.26 bits per heavy atom. The van der Waals surface area contributed by atoms with Gasteiger partial charge in [0, 0.05) is 19.0 Å². The summed E-state index contributed by atoms with van der Waals surface area (Å²) in [4.78, 5) is 2.41. The second-order valence-corrected chi connectivity index (χ2v) is 5.37. The summed E-state index contributed by atoms with van der Waals surface area (Å²) in [6, 6.07) is 4.42. The van der Waals surface area contributed by atoms with E-state index in [1.807, 2.05) is 11.4 Å². The average Bonchev–Trinajstić information content (AvgIpc) is 3.11. The van der Waals surface area contributed by atoms with Gasteiger partial charge in [0.2, 0.25) is 0 Å². The van der Waals surface area contributed by atoms with Crippen molar-refractivity contribution in [3.8, 4) is 0 Å². The first-order chi connectivity index (χ1) is 9.36. The van der Waals surface area contributed by atoms with Crippen LogP contribution in [0, 0.1) is 0 Å². The van der Waals surface area contributed by atoms with Gasteiger partial charge in [-0.25, -0.2) is 0 Å². The van der Waals surface area contributed by atoms with E-state index in [0.717, 1.165) is 36.7 Å². The summed E-state index contributed by atoms with van der Waals surface area (Å²) in [6.07, 6.45) is 2.33. The predicted octanol–water partition coefficient (Wildman–Crippen LogP) is 2.61. The quantitative estimate of drug-likeness (QED) is 0.842. The largest absolute Gasteiger partial charge is 0.462 e. The zero-order valence-corrected chi connectivity index (χ0v) is 11.7. The van der Waals surface area contributed by atoms with E-state index >= 15 is 0 Å². The van der Waals surface area contributed by atoms with Gasteiger partial charge in [0.1, 0.15) is 18.1 Å². The number of hydrogen-bond donors (Lipinski definition) is 0. The number of likely N-dealkylation sites (tertiary alicyclic amines) is 1. The minimum atomic E-state index is 0.354. The van der Waals surface area contributed by atoms with Gasteiger partial charge in [-0.05, 0) is 43.1 Å². The van der Waals surface area contributed by atoms with Crippen molar-refractivity contribution in [2.24, 2.45) is 0 Å². The Morgan fingerprint density at radius 1 is 1.53 bits per heavy atom. The maximum Gasteiger partial charge on any atom is 0.129 e. The molecule has 0 unspecified atom stereocenters. The van der Waals surface area contributed by atoms with Gasteiger partial charge in [0.15, 0.2) is 0 Å². The Morgan fingerprint density at radius 2 is 2.47 bits per heavy atom. The second kappa shape index (κ2) is 5.81. The van der Waals surface area contributed by atoms with Crippen LogP contribution in [0.5, 0.6) is 0 Å². The standard InChI is InChI=1S/C13H17N3O2S/c1-17-8-11-4-5-13(18-11)12-3-2-6-16(12)7-10-9-19-15-14-10/h4-5,9,12H,2-3,6-8H2,1H3/t12-/m1/s1. The Balaban J connectivity index is 1.71. The third-order valence-corrected chi connectivity index (χ3v) is 3.98.